The van der Waals surface area contributed by atoms with Crippen LogP contribution in [-0.4, -0.2) is 5.97 Å². The minimum absolute atomic E-state index is 0.318. The summed E-state index contributed by atoms with van der Waals surface area (Å²) in [6, 6.07) is 5.90. The number of hydrogen-bond donors (Lipinski definition) is 0. The SMILES string of the molecule is CCCCC#CC(OC(=O)C(C)(C)C)c1ccc(F)cc1. The predicted octanol–water partition coefficient (Wildman–Crippen LogP) is 4.65. The van der Waals surface area contributed by atoms with E-state index in [-0.39, 0.29) is 11.8 Å². The monoisotopic (exact) mass is 290 g/mol. The van der Waals surface area contributed by atoms with Gasteiger partial charge in [-0.05, 0) is 39.3 Å². The second-order valence-corrected chi connectivity index (χ2v) is 6.01. The number of carbonyl (C=O) groups excluding carboxylic acids is 1. The van der Waals surface area contributed by atoms with Crippen LogP contribution in [0.15, 0.2) is 24.3 Å². The standard InChI is InChI=1S/C18H23FO2/c1-5-6-7-8-9-16(21-17(20)18(2,3)4)14-10-12-15(19)13-11-14/h10-13,16H,5-7H2,1-4H3. The number of esters is 1. The van der Waals surface area contributed by atoms with Gasteiger partial charge in [0, 0.05) is 12.0 Å². The van der Waals surface area contributed by atoms with Gasteiger partial charge < -0.3 is 4.74 Å². The van der Waals surface area contributed by atoms with Crippen LogP contribution in [0.3, 0.4) is 0 Å². The molecule has 0 N–H and O–H groups in total. The molecule has 1 aromatic rings. The van der Waals surface area contributed by atoms with E-state index in [9.17, 15) is 9.18 Å². The molecule has 0 amide bonds. The molecule has 1 atom stereocenters. The maximum Gasteiger partial charge on any atom is 0.312 e. The van der Waals surface area contributed by atoms with E-state index in [0.29, 0.717) is 5.56 Å². The van der Waals surface area contributed by atoms with Gasteiger partial charge >= 0.3 is 5.97 Å². The molecule has 0 aromatic heterocycles. The highest BCUT2D eigenvalue weighted by Gasteiger charge is 2.26. The van der Waals surface area contributed by atoms with Gasteiger partial charge in [-0.1, -0.05) is 37.3 Å². The Morgan fingerprint density at radius 2 is 1.90 bits per heavy atom. The molecule has 0 radical (unpaired) electrons. The van der Waals surface area contributed by atoms with Crippen molar-refractivity contribution in [3.8, 4) is 11.8 Å². The molecule has 3 heteroatoms. The molecule has 2 nitrogen and oxygen atoms in total. The van der Waals surface area contributed by atoms with Crippen LogP contribution in [0.2, 0.25) is 0 Å². The molecule has 0 aliphatic carbocycles. The Bertz CT molecular complexity index is 515. The van der Waals surface area contributed by atoms with E-state index >= 15 is 0 Å². The van der Waals surface area contributed by atoms with Crippen molar-refractivity contribution in [1.29, 1.82) is 0 Å². The van der Waals surface area contributed by atoms with E-state index in [4.69, 9.17) is 4.74 Å². The number of ether oxygens (including phenoxy) is 1. The number of carbonyl (C=O) groups is 1. The van der Waals surface area contributed by atoms with Gasteiger partial charge in [-0.25, -0.2) is 4.39 Å². The maximum absolute atomic E-state index is 13.0. The molecule has 0 aliphatic heterocycles. The van der Waals surface area contributed by atoms with Gasteiger partial charge in [0.25, 0.3) is 0 Å². The van der Waals surface area contributed by atoms with E-state index in [1.807, 2.05) is 0 Å². The van der Waals surface area contributed by atoms with Crippen LogP contribution < -0.4 is 0 Å². The highest BCUT2D eigenvalue weighted by atomic mass is 19.1. The molecule has 1 unspecified atom stereocenters. The van der Waals surface area contributed by atoms with E-state index in [1.54, 1.807) is 32.9 Å². The quantitative estimate of drug-likeness (QED) is 0.458. The molecule has 0 saturated carbocycles. The molecule has 0 spiro atoms. The average Bonchev–Trinajstić information content (AvgIpc) is 2.42. The lowest BCUT2D eigenvalue weighted by Gasteiger charge is -2.20. The van der Waals surface area contributed by atoms with Crippen molar-refractivity contribution < 1.29 is 13.9 Å². The van der Waals surface area contributed by atoms with Crippen molar-refractivity contribution in [2.24, 2.45) is 5.41 Å². The van der Waals surface area contributed by atoms with Crippen LogP contribution in [0, 0.1) is 23.1 Å². The Hall–Kier alpha value is -1.82. The molecule has 1 aromatic carbocycles. The Balaban J connectivity index is 2.91. The van der Waals surface area contributed by atoms with Gasteiger partial charge in [-0.15, -0.1) is 0 Å². The minimum atomic E-state index is -0.644. The first-order valence-electron chi connectivity index (χ1n) is 7.29. The van der Waals surface area contributed by atoms with Crippen molar-refractivity contribution in [3.63, 3.8) is 0 Å². The summed E-state index contributed by atoms with van der Waals surface area (Å²) in [4.78, 5) is 12.0. The highest BCUT2D eigenvalue weighted by molar-refractivity contribution is 5.75. The minimum Gasteiger partial charge on any atom is -0.444 e. The fourth-order valence-electron chi connectivity index (χ4n) is 1.53. The molecular formula is C18H23FO2. The Labute approximate surface area is 126 Å². The third-order valence-corrected chi connectivity index (χ3v) is 2.90. The van der Waals surface area contributed by atoms with Gasteiger partial charge in [0.2, 0.25) is 0 Å². The van der Waals surface area contributed by atoms with Gasteiger partial charge in [0.1, 0.15) is 5.82 Å². The van der Waals surface area contributed by atoms with Gasteiger partial charge in [0.15, 0.2) is 6.10 Å². The van der Waals surface area contributed by atoms with Crippen LogP contribution in [-0.2, 0) is 9.53 Å². The maximum atomic E-state index is 13.0. The van der Waals surface area contributed by atoms with Crippen LogP contribution in [0.5, 0.6) is 0 Å². The van der Waals surface area contributed by atoms with Crippen molar-refractivity contribution in [2.45, 2.75) is 53.1 Å². The Morgan fingerprint density at radius 3 is 2.43 bits per heavy atom. The number of halogens is 1. The number of unbranched alkanes of at least 4 members (excludes halogenated alkanes) is 2. The largest absolute Gasteiger partial charge is 0.444 e. The first kappa shape index (κ1) is 17.2. The highest BCUT2D eigenvalue weighted by Crippen LogP contribution is 2.23. The lowest BCUT2D eigenvalue weighted by atomic mass is 9.97. The molecule has 0 saturated heterocycles. The normalized spacial score (nSPS) is 12.2. The zero-order valence-electron chi connectivity index (χ0n) is 13.2. The molecule has 114 valence electrons. The summed E-state index contributed by atoms with van der Waals surface area (Å²) in [5.41, 5.74) is 0.0987. The second kappa shape index (κ2) is 7.83. The summed E-state index contributed by atoms with van der Waals surface area (Å²) in [6.45, 7) is 7.48. The Kier molecular flexibility index (Phi) is 6.42. The number of benzene rings is 1. The summed E-state index contributed by atoms with van der Waals surface area (Å²) in [5, 5.41) is 0. The summed E-state index contributed by atoms with van der Waals surface area (Å²) in [6.07, 6.45) is 2.20. The van der Waals surface area contributed by atoms with Crippen molar-refractivity contribution in [3.05, 3.63) is 35.6 Å². The molecule has 0 heterocycles. The summed E-state index contributed by atoms with van der Waals surface area (Å²) in [5.74, 6) is 5.37. The molecular weight excluding hydrogens is 267 g/mol. The first-order valence-corrected chi connectivity index (χ1v) is 7.29. The number of hydrogen-bond acceptors (Lipinski definition) is 2. The second-order valence-electron chi connectivity index (χ2n) is 6.01. The van der Waals surface area contributed by atoms with E-state index in [2.05, 4.69) is 18.8 Å². The average molecular weight is 290 g/mol. The predicted molar refractivity (Wildman–Crippen MR) is 82.0 cm³/mol. The zero-order chi connectivity index (χ0) is 15.9. The third-order valence-electron chi connectivity index (χ3n) is 2.90. The van der Waals surface area contributed by atoms with E-state index < -0.39 is 11.5 Å². The van der Waals surface area contributed by atoms with Crippen molar-refractivity contribution in [1.82, 2.24) is 0 Å². The molecule has 21 heavy (non-hydrogen) atoms. The van der Waals surface area contributed by atoms with Crippen molar-refractivity contribution >= 4 is 5.97 Å². The van der Waals surface area contributed by atoms with Gasteiger partial charge in [-0.3, -0.25) is 4.79 Å². The van der Waals surface area contributed by atoms with Crippen LogP contribution in [0.4, 0.5) is 4.39 Å². The summed E-state index contributed by atoms with van der Waals surface area (Å²) in [7, 11) is 0. The van der Waals surface area contributed by atoms with Crippen LogP contribution >= 0.6 is 0 Å². The van der Waals surface area contributed by atoms with E-state index in [0.717, 1.165) is 19.3 Å². The van der Waals surface area contributed by atoms with Gasteiger partial charge in [0.05, 0.1) is 5.41 Å². The lowest BCUT2D eigenvalue weighted by Crippen LogP contribution is -2.24. The molecule has 1 rings (SSSR count). The molecule has 0 fully saturated rings. The van der Waals surface area contributed by atoms with Crippen LogP contribution in [0.25, 0.3) is 0 Å². The fourth-order valence-corrected chi connectivity index (χ4v) is 1.53. The topological polar surface area (TPSA) is 26.3 Å². The molecule has 0 aliphatic rings. The molecule has 0 bridgehead atoms. The Morgan fingerprint density at radius 1 is 1.29 bits per heavy atom. The van der Waals surface area contributed by atoms with Crippen molar-refractivity contribution in [2.75, 3.05) is 0 Å². The number of rotatable bonds is 4. The first-order chi connectivity index (χ1) is 9.84. The van der Waals surface area contributed by atoms with Gasteiger partial charge in [-0.2, -0.15) is 0 Å². The smallest absolute Gasteiger partial charge is 0.312 e. The van der Waals surface area contributed by atoms with E-state index in [1.165, 1.54) is 12.1 Å². The third kappa shape index (κ3) is 5.99. The zero-order valence-corrected chi connectivity index (χ0v) is 13.2. The summed E-state index contributed by atoms with van der Waals surface area (Å²) >= 11 is 0. The lowest BCUT2D eigenvalue weighted by molar-refractivity contribution is -0.156. The van der Waals surface area contributed by atoms with Crippen LogP contribution in [0.1, 0.15) is 58.6 Å². The fraction of sp³-hybridized carbons (Fsp3) is 0.500. The summed E-state index contributed by atoms with van der Waals surface area (Å²) < 4.78 is 18.5.